The van der Waals surface area contributed by atoms with Crippen molar-refractivity contribution in [2.75, 3.05) is 25.7 Å². The van der Waals surface area contributed by atoms with Gasteiger partial charge in [0.05, 0.1) is 49.9 Å². The molecule has 0 aliphatic carbocycles. The van der Waals surface area contributed by atoms with Crippen LogP contribution in [0.3, 0.4) is 0 Å². The van der Waals surface area contributed by atoms with Gasteiger partial charge in [0.1, 0.15) is 22.1 Å². The van der Waals surface area contributed by atoms with Crippen molar-refractivity contribution >= 4 is 46.1 Å². The molecule has 0 bridgehead atoms. The number of rotatable bonds is 9. The number of fused-ring (bicyclic) bond motifs is 2. The number of hydrogen-bond acceptors (Lipinski definition) is 8. The summed E-state index contributed by atoms with van der Waals surface area (Å²) in [4.78, 5) is 49.4. The predicted molar refractivity (Wildman–Crippen MR) is 177 cm³/mol. The highest BCUT2D eigenvalue weighted by Crippen LogP contribution is 2.40. The topological polar surface area (TPSA) is 99.4 Å². The summed E-state index contributed by atoms with van der Waals surface area (Å²) in [5, 5.41) is 0.602. The van der Waals surface area contributed by atoms with Crippen molar-refractivity contribution in [3.05, 3.63) is 119 Å². The molecule has 3 heterocycles. The number of allylic oxidation sites excluding steroid dienone is 1. The number of ether oxygens (including phenoxy) is 3. The summed E-state index contributed by atoms with van der Waals surface area (Å²) in [5.41, 5.74) is 3.41. The predicted octanol–water partition coefficient (Wildman–Crippen LogP) is 5.17. The number of anilines is 1. The van der Waals surface area contributed by atoms with Gasteiger partial charge < -0.3 is 19.1 Å². The van der Waals surface area contributed by atoms with Crippen LogP contribution in [0, 0.1) is 0 Å². The zero-order valence-corrected chi connectivity index (χ0v) is 27.4. The van der Waals surface area contributed by atoms with Gasteiger partial charge in [0.25, 0.3) is 11.5 Å². The standard InChI is InChI=1S/C35H32ClN3O6S/c1-5-9-25-29(34(42)45-6-2)30(24-18-22(43-3)16-17-27(24)44-4)39-33(41)31(46-35(39)37-25)28-23-10-7-8-11-26(23)38(32(28)40)19-20-12-14-21(36)15-13-20/h7-8,10-18,30H,5-6,9,19H2,1-4H3/b31-28-/t30-/m1/s1. The van der Waals surface area contributed by atoms with Crippen molar-refractivity contribution < 1.29 is 23.8 Å². The van der Waals surface area contributed by atoms with Crippen molar-refractivity contribution in [3.63, 3.8) is 0 Å². The summed E-state index contributed by atoms with van der Waals surface area (Å²) in [5.74, 6) is 0.116. The Hall–Kier alpha value is -4.67. The highest BCUT2D eigenvalue weighted by Gasteiger charge is 2.39. The molecule has 0 saturated carbocycles. The number of amides is 1. The maximum absolute atomic E-state index is 14.6. The number of esters is 1. The van der Waals surface area contributed by atoms with E-state index in [-0.39, 0.29) is 22.6 Å². The van der Waals surface area contributed by atoms with Crippen molar-refractivity contribution in [1.82, 2.24) is 4.57 Å². The maximum Gasteiger partial charge on any atom is 0.338 e. The number of aromatic nitrogens is 1. The Kier molecular flexibility index (Phi) is 8.84. The monoisotopic (exact) mass is 657 g/mol. The zero-order chi connectivity index (χ0) is 32.5. The minimum atomic E-state index is -0.937. The lowest BCUT2D eigenvalue weighted by atomic mass is 9.93. The fourth-order valence-electron chi connectivity index (χ4n) is 5.95. The highest BCUT2D eigenvalue weighted by molar-refractivity contribution is 7.07. The van der Waals surface area contributed by atoms with Crippen LogP contribution in [0.2, 0.25) is 5.02 Å². The van der Waals surface area contributed by atoms with E-state index in [1.165, 1.54) is 11.7 Å². The van der Waals surface area contributed by atoms with E-state index >= 15 is 0 Å². The molecule has 9 nitrogen and oxygen atoms in total. The van der Waals surface area contributed by atoms with Crippen molar-refractivity contribution in [2.45, 2.75) is 39.3 Å². The van der Waals surface area contributed by atoms with E-state index in [4.69, 9.17) is 30.8 Å². The summed E-state index contributed by atoms with van der Waals surface area (Å²) in [7, 11) is 3.07. The summed E-state index contributed by atoms with van der Waals surface area (Å²) in [6.07, 6.45) is 1.18. The van der Waals surface area contributed by atoms with Crippen LogP contribution in [0.15, 0.2) is 87.8 Å². The molecular weight excluding hydrogens is 626 g/mol. The largest absolute Gasteiger partial charge is 0.497 e. The summed E-state index contributed by atoms with van der Waals surface area (Å²) < 4.78 is 18.5. The summed E-state index contributed by atoms with van der Waals surface area (Å²) in [6.45, 7) is 4.17. The molecule has 1 amide bonds. The van der Waals surface area contributed by atoms with Crippen LogP contribution in [0.25, 0.3) is 5.57 Å². The number of halogens is 1. The number of carbonyl (C=O) groups excluding carboxylic acids is 2. The molecule has 2 aliphatic heterocycles. The van der Waals surface area contributed by atoms with Gasteiger partial charge in [-0.3, -0.25) is 14.2 Å². The fourth-order valence-corrected chi connectivity index (χ4v) is 7.18. The Morgan fingerprint density at radius 2 is 1.76 bits per heavy atom. The first-order valence-electron chi connectivity index (χ1n) is 14.9. The normalized spacial score (nSPS) is 16.6. The van der Waals surface area contributed by atoms with Gasteiger partial charge in [-0.2, -0.15) is 0 Å². The Labute approximate surface area is 274 Å². The average molecular weight is 658 g/mol. The fraction of sp³-hybridized carbons (Fsp3) is 0.257. The van der Waals surface area contributed by atoms with E-state index < -0.39 is 17.6 Å². The van der Waals surface area contributed by atoms with Gasteiger partial charge in [0, 0.05) is 16.1 Å². The van der Waals surface area contributed by atoms with E-state index in [2.05, 4.69) is 0 Å². The number of para-hydroxylation sites is 1. The van der Waals surface area contributed by atoms with E-state index in [9.17, 15) is 14.4 Å². The molecule has 0 saturated heterocycles. The van der Waals surface area contributed by atoms with Crippen LogP contribution in [0.4, 0.5) is 5.69 Å². The molecule has 0 fully saturated rings. The molecule has 46 heavy (non-hydrogen) atoms. The molecule has 1 aromatic heterocycles. The molecule has 4 aromatic rings. The van der Waals surface area contributed by atoms with Gasteiger partial charge >= 0.3 is 5.97 Å². The van der Waals surface area contributed by atoms with E-state index in [1.54, 1.807) is 49.3 Å². The van der Waals surface area contributed by atoms with Crippen molar-refractivity contribution in [2.24, 2.45) is 4.99 Å². The molecule has 0 radical (unpaired) electrons. The number of carbonyl (C=O) groups is 2. The SMILES string of the molecule is CCCC1=C(C(=O)OCC)[C@@H](c2cc(OC)ccc2OC)n2c(s/c(=C3\C(=O)N(Cc4ccc(Cl)cc4)c4ccccc43)c2=O)=N1. The van der Waals surface area contributed by atoms with Gasteiger partial charge in [0.2, 0.25) is 0 Å². The first-order chi connectivity index (χ1) is 22.3. The van der Waals surface area contributed by atoms with Gasteiger partial charge in [-0.25, -0.2) is 9.79 Å². The number of thiazole rings is 1. The first-order valence-corrected chi connectivity index (χ1v) is 16.1. The number of methoxy groups -OCH3 is 2. The third-order valence-electron chi connectivity index (χ3n) is 8.00. The van der Waals surface area contributed by atoms with Crippen LogP contribution in [0.5, 0.6) is 11.5 Å². The third kappa shape index (κ3) is 5.41. The Morgan fingerprint density at radius 3 is 2.46 bits per heavy atom. The van der Waals surface area contributed by atoms with Crippen molar-refractivity contribution in [3.8, 4) is 11.5 Å². The molecular formula is C35H32ClN3O6S. The molecule has 0 unspecified atom stereocenters. The first kappa shape index (κ1) is 31.3. The van der Waals surface area contributed by atoms with Crippen LogP contribution in [-0.2, 0) is 20.9 Å². The smallest absolute Gasteiger partial charge is 0.338 e. The van der Waals surface area contributed by atoms with Gasteiger partial charge in [-0.05, 0) is 55.3 Å². The van der Waals surface area contributed by atoms with E-state index in [1.807, 2.05) is 43.3 Å². The minimum absolute atomic E-state index is 0.146. The molecule has 3 aromatic carbocycles. The number of nitrogens with zero attached hydrogens (tertiary/aromatic N) is 3. The summed E-state index contributed by atoms with van der Waals surface area (Å²) in [6, 6.07) is 19.0. The van der Waals surface area contributed by atoms with Gasteiger partial charge in [-0.1, -0.05) is 66.6 Å². The number of benzene rings is 3. The minimum Gasteiger partial charge on any atom is -0.497 e. The quantitative estimate of drug-likeness (QED) is 0.231. The second kappa shape index (κ2) is 13.0. The molecule has 1 atom stereocenters. The molecule has 11 heteroatoms. The van der Waals surface area contributed by atoms with Crippen LogP contribution in [0.1, 0.15) is 49.4 Å². The molecule has 0 N–H and O–H groups in total. The zero-order valence-electron chi connectivity index (χ0n) is 25.8. The second-order valence-corrected chi connectivity index (χ2v) is 12.2. The lowest BCUT2D eigenvalue weighted by Gasteiger charge is -2.27. The number of hydrogen-bond donors (Lipinski definition) is 0. The lowest BCUT2D eigenvalue weighted by molar-refractivity contribution is -0.139. The Balaban J connectivity index is 1.63. The van der Waals surface area contributed by atoms with E-state index in [0.717, 1.165) is 16.9 Å². The van der Waals surface area contributed by atoms with Gasteiger partial charge in [0.15, 0.2) is 4.80 Å². The molecule has 6 rings (SSSR count). The maximum atomic E-state index is 14.6. The Bertz CT molecular complexity index is 2060. The average Bonchev–Trinajstić information content (AvgIpc) is 3.53. The van der Waals surface area contributed by atoms with Crippen LogP contribution < -0.4 is 29.3 Å². The molecule has 0 spiro atoms. The van der Waals surface area contributed by atoms with Crippen LogP contribution >= 0.6 is 22.9 Å². The lowest BCUT2D eigenvalue weighted by Crippen LogP contribution is -2.41. The van der Waals surface area contributed by atoms with Crippen molar-refractivity contribution in [1.29, 1.82) is 0 Å². The highest BCUT2D eigenvalue weighted by atomic mass is 35.5. The second-order valence-electron chi connectivity index (χ2n) is 10.8. The Morgan fingerprint density at radius 1 is 1.00 bits per heavy atom. The van der Waals surface area contributed by atoms with Gasteiger partial charge in [-0.15, -0.1) is 0 Å². The summed E-state index contributed by atoms with van der Waals surface area (Å²) >= 11 is 7.24. The van der Waals surface area contributed by atoms with Crippen LogP contribution in [-0.4, -0.2) is 37.3 Å². The molecule has 2 aliphatic rings. The van der Waals surface area contributed by atoms with E-state index in [0.29, 0.717) is 68.8 Å². The third-order valence-corrected chi connectivity index (χ3v) is 9.31. The molecule has 236 valence electrons.